The molecule has 2 nitrogen and oxygen atoms in total. The molecule has 1 rings (SSSR count). The molecule has 0 aliphatic carbocycles. The number of carbonyl (C=O) groups excluding carboxylic acids is 1. The zero-order valence-electron chi connectivity index (χ0n) is 6.87. The first-order valence-corrected chi connectivity index (χ1v) is 3.61. The normalized spacial score (nSPS) is 9.42. The molecule has 12 heavy (non-hydrogen) atoms. The summed E-state index contributed by atoms with van der Waals surface area (Å²) in [6, 6.07) is 4.89. The molecule has 0 amide bonds. The summed E-state index contributed by atoms with van der Waals surface area (Å²) in [6.07, 6.45) is 1.19. The molecule has 0 aromatic heterocycles. The molecule has 0 atom stereocenters. The summed E-state index contributed by atoms with van der Waals surface area (Å²) in [7, 11) is 0. The summed E-state index contributed by atoms with van der Waals surface area (Å²) in [5.41, 5.74) is 1.25. The van der Waals surface area contributed by atoms with Crippen LogP contribution in [0.5, 0.6) is 5.75 Å². The molecule has 0 saturated heterocycles. The molecule has 62 valence electrons. The maximum Gasteiger partial charge on any atom is 0.188 e. The van der Waals surface area contributed by atoms with Crippen LogP contribution in [0.25, 0.3) is 0 Å². The predicted molar refractivity (Wildman–Crippen MR) is 47.4 cm³/mol. The van der Waals surface area contributed by atoms with Crippen molar-refractivity contribution in [3.8, 4) is 5.75 Å². The van der Waals surface area contributed by atoms with Crippen LogP contribution in [-0.4, -0.2) is 10.9 Å². The largest absolute Gasteiger partial charge is 0.507 e. The van der Waals surface area contributed by atoms with Gasteiger partial charge in [-0.25, -0.2) is 0 Å². The highest BCUT2D eigenvalue weighted by atomic mass is 16.3. The average molecular weight is 162 g/mol. The van der Waals surface area contributed by atoms with E-state index in [0.29, 0.717) is 5.56 Å². The minimum atomic E-state index is -0.254. The van der Waals surface area contributed by atoms with Gasteiger partial charge in [-0.15, -0.1) is 0 Å². The van der Waals surface area contributed by atoms with Gasteiger partial charge < -0.3 is 5.11 Å². The number of hydrogen-bond acceptors (Lipinski definition) is 2. The van der Waals surface area contributed by atoms with Gasteiger partial charge in [0.05, 0.1) is 5.56 Å². The second-order valence-corrected chi connectivity index (χ2v) is 2.59. The Morgan fingerprint density at radius 1 is 1.58 bits per heavy atom. The van der Waals surface area contributed by atoms with Crippen molar-refractivity contribution >= 4 is 5.78 Å². The van der Waals surface area contributed by atoms with Crippen LogP contribution >= 0.6 is 0 Å². The van der Waals surface area contributed by atoms with Crippen LogP contribution in [0.3, 0.4) is 0 Å². The van der Waals surface area contributed by atoms with E-state index in [9.17, 15) is 9.90 Å². The fraction of sp³-hybridized carbons (Fsp3) is 0.100. The maximum atomic E-state index is 11.1. The quantitative estimate of drug-likeness (QED) is 0.534. The van der Waals surface area contributed by atoms with Gasteiger partial charge in [0.25, 0.3) is 0 Å². The van der Waals surface area contributed by atoms with Gasteiger partial charge in [-0.1, -0.05) is 18.2 Å². The molecule has 2 heteroatoms. The molecule has 0 aliphatic rings. The monoisotopic (exact) mass is 162 g/mol. The van der Waals surface area contributed by atoms with Gasteiger partial charge in [0.2, 0.25) is 0 Å². The number of phenols is 1. The molecule has 0 unspecified atom stereocenters. The highest BCUT2D eigenvalue weighted by molar-refractivity contribution is 6.06. The average Bonchev–Trinajstić information content (AvgIpc) is 2.08. The minimum absolute atomic E-state index is 0.00509. The van der Waals surface area contributed by atoms with E-state index in [2.05, 4.69) is 6.58 Å². The third-order valence-electron chi connectivity index (χ3n) is 1.60. The lowest BCUT2D eigenvalue weighted by Gasteiger charge is -2.00. The molecule has 0 heterocycles. The number of allylic oxidation sites excluding steroid dienone is 1. The van der Waals surface area contributed by atoms with E-state index < -0.39 is 0 Å². The van der Waals surface area contributed by atoms with Crippen molar-refractivity contribution in [3.05, 3.63) is 42.0 Å². The molecule has 1 aromatic carbocycles. The molecule has 0 aliphatic heterocycles. The van der Waals surface area contributed by atoms with Crippen molar-refractivity contribution in [2.45, 2.75) is 6.92 Å². The summed E-state index contributed by atoms with van der Waals surface area (Å²) in [5, 5.41) is 9.27. The lowest BCUT2D eigenvalue weighted by Crippen LogP contribution is -1.94. The first kappa shape index (κ1) is 8.53. The highest BCUT2D eigenvalue weighted by Crippen LogP contribution is 2.18. The van der Waals surface area contributed by atoms with Gasteiger partial charge in [0.1, 0.15) is 5.75 Å². The van der Waals surface area contributed by atoms with Gasteiger partial charge in [-0.2, -0.15) is 0 Å². The Morgan fingerprint density at radius 3 is 2.83 bits per heavy atom. The topological polar surface area (TPSA) is 37.3 Å². The van der Waals surface area contributed by atoms with Crippen LogP contribution in [0.2, 0.25) is 0 Å². The number of aryl methyl sites for hydroxylation is 1. The molecule has 0 bridgehead atoms. The SMILES string of the molecule is C=CC(=O)c1cc(C)ccc1O. The molecule has 0 spiro atoms. The van der Waals surface area contributed by atoms with Crippen molar-refractivity contribution in [3.63, 3.8) is 0 Å². The molecule has 0 fully saturated rings. The third kappa shape index (κ3) is 1.53. The van der Waals surface area contributed by atoms with Crippen molar-refractivity contribution in [2.75, 3.05) is 0 Å². The summed E-state index contributed by atoms with van der Waals surface area (Å²) in [6.45, 7) is 5.21. The first-order chi connectivity index (χ1) is 5.65. The zero-order valence-corrected chi connectivity index (χ0v) is 6.87. The zero-order chi connectivity index (χ0) is 9.14. The van der Waals surface area contributed by atoms with Gasteiger partial charge >= 0.3 is 0 Å². The van der Waals surface area contributed by atoms with Gasteiger partial charge in [-0.3, -0.25) is 4.79 Å². The molecular formula is C10H10O2. The lowest BCUT2D eigenvalue weighted by atomic mass is 10.1. The summed E-state index contributed by atoms with van der Waals surface area (Å²) in [4.78, 5) is 11.1. The minimum Gasteiger partial charge on any atom is -0.507 e. The van der Waals surface area contributed by atoms with E-state index in [1.54, 1.807) is 12.1 Å². The Labute approximate surface area is 71.2 Å². The van der Waals surface area contributed by atoms with E-state index in [1.165, 1.54) is 12.1 Å². The molecular weight excluding hydrogens is 152 g/mol. The van der Waals surface area contributed by atoms with Gasteiger partial charge in [0, 0.05) is 0 Å². The van der Waals surface area contributed by atoms with E-state index in [4.69, 9.17) is 0 Å². The number of benzene rings is 1. The maximum absolute atomic E-state index is 11.1. The number of ketones is 1. The Kier molecular flexibility index (Phi) is 2.29. The highest BCUT2D eigenvalue weighted by Gasteiger charge is 2.06. The first-order valence-electron chi connectivity index (χ1n) is 3.61. The summed E-state index contributed by atoms with van der Waals surface area (Å²) >= 11 is 0. The molecule has 1 N–H and O–H groups in total. The smallest absolute Gasteiger partial charge is 0.188 e. The number of phenolic OH excluding ortho intramolecular Hbond substituents is 1. The predicted octanol–water partition coefficient (Wildman–Crippen LogP) is 2.07. The fourth-order valence-electron chi connectivity index (χ4n) is 0.957. The van der Waals surface area contributed by atoms with E-state index >= 15 is 0 Å². The second-order valence-electron chi connectivity index (χ2n) is 2.59. The van der Waals surface area contributed by atoms with E-state index in [-0.39, 0.29) is 11.5 Å². The van der Waals surface area contributed by atoms with E-state index in [1.807, 2.05) is 6.92 Å². The van der Waals surface area contributed by atoms with Crippen molar-refractivity contribution in [2.24, 2.45) is 0 Å². The van der Waals surface area contributed by atoms with Crippen molar-refractivity contribution in [1.29, 1.82) is 0 Å². The number of aromatic hydroxyl groups is 1. The Bertz CT molecular complexity index is 327. The number of carbonyl (C=O) groups is 1. The Hall–Kier alpha value is -1.57. The van der Waals surface area contributed by atoms with Gasteiger partial charge in [0.15, 0.2) is 5.78 Å². The van der Waals surface area contributed by atoms with Crippen LogP contribution < -0.4 is 0 Å². The van der Waals surface area contributed by atoms with Crippen LogP contribution in [-0.2, 0) is 0 Å². The number of rotatable bonds is 2. The summed E-state index contributed by atoms with van der Waals surface area (Å²) < 4.78 is 0. The van der Waals surface area contributed by atoms with Crippen LogP contribution in [0.15, 0.2) is 30.9 Å². The Morgan fingerprint density at radius 2 is 2.25 bits per heavy atom. The van der Waals surface area contributed by atoms with E-state index in [0.717, 1.165) is 5.56 Å². The molecule has 0 saturated carbocycles. The third-order valence-corrected chi connectivity index (χ3v) is 1.60. The standard InChI is InChI=1S/C10H10O2/c1-3-9(11)8-6-7(2)4-5-10(8)12/h3-6,12H,1H2,2H3. The van der Waals surface area contributed by atoms with Crippen molar-refractivity contribution in [1.82, 2.24) is 0 Å². The Balaban J connectivity index is 3.22. The lowest BCUT2D eigenvalue weighted by molar-refractivity contribution is 0.104. The molecule has 1 aromatic rings. The van der Waals surface area contributed by atoms with Crippen LogP contribution in [0.4, 0.5) is 0 Å². The van der Waals surface area contributed by atoms with Gasteiger partial charge in [-0.05, 0) is 25.1 Å². The summed E-state index contributed by atoms with van der Waals surface area (Å²) in [5.74, 6) is -0.248. The van der Waals surface area contributed by atoms with Crippen molar-refractivity contribution < 1.29 is 9.90 Å². The van der Waals surface area contributed by atoms with Crippen LogP contribution in [0.1, 0.15) is 15.9 Å². The number of hydrogen-bond donors (Lipinski definition) is 1. The molecule has 0 radical (unpaired) electrons. The van der Waals surface area contributed by atoms with Crippen LogP contribution in [0, 0.1) is 6.92 Å². The second kappa shape index (κ2) is 3.22. The fourth-order valence-corrected chi connectivity index (χ4v) is 0.957.